The zero-order valence-electron chi connectivity index (χ0n) is 18.4. The predicted octanol–water partition coefficient (Wildman–Crippen LogP) is -0.0809. The monoisotopic (exact) mass is 512 g/mol. The Bertz CT molecular complexity index is 976. The highest BCUT2D eigenvalue weighted by Gasteiger charge is 2.29. The molecule has 1 aromatic rings. The third-order valence-electron chi connectivity index (χ3n) is 4.87. The minimum absolute atomic E-state index is 0.0106. The van der Waals surface area contributed by atoms with E-state index >= 15 is 0 Å². The van der Waals surface area contributed by atoms with Crippen molar-refractivity contribution in [3.05, 3.63) is 34.9 Å². The Hall–Kier alpha value is -3.95. The zero-order chi connectivity index (χ0) is 25.7. The fourth-order valence-corrected chi connectivity index (χ4v) is 3.15. The molecular formula is C21H20O15. The maximum atomic E-state index is 12.6. The summed E-state index contributed by atoms with van der Waals surface area (Å²) in [5, 5.41) is 9.21. The van der Waals surface area contributed by atoms with E-state index in [1.807, 2.05) is 0 Å². The second-order valence-corrected chi connectivity index (χ2v) is 7.59. The molecule has 15 nitrogen and oxygen atoms in total. The Morgan fingerprint density at radius 2 is 1.14 bits per heavy atom. The summed E-state index contributed by atoms with van der Waals surface area (Å²) < 4.78 is 43.8. The fourth-order valence-electron chi connectivity index (χ4n) is 3.15. The van der Waals surface area contributed by atoms with Gasteiger partial charge >= 0.3 is 30.2 Å². The van der Waals surface area contributed by atoms with Gasteiger partial charge in [0.2, 0.25) is 0 Å². The van der Waals surface area contributed by atoms with Crippen molar-refractivity contribution in [2.45, 2.75) is 24.8 Å². The van der Waals surface area contributed by atoms with Crippen molar-refractivity contribution in [3.63, 3.8) is 0 Å². The van der Waals surface area contributed by atoms with Crippen LogP contribution in [0.5, 0.6) is 0 Å². The van der Waals surface area contributed by atoms with E-state index in [1.54, 1.807) is 0 Å². The van der Waals surface area contributed by atoms with Gasteiger partial charge in [-0.1, -0.05) is 0 Å². The van der Waals surface area contributed by atoms with Crippen LogP contribution in [0.2, 0.25) is 0 Å². The van der Waals surface area contributed by atoms with Crippen LogP contribution < -0.4 is 0 Å². The third kappa shape index (κ3) is 6.59. The fraction of sp³-hybridized carbons (Fsp3) is 0.476. The summed E-state index contributed by atoms with van der Waals surface area (Å²) in [6.45, 7) is -2.57. The second-order valence-electron chi connectivity index (χ2n) is 7.59. The molecule has 0 spiro atoms. The minimum Gasteiger partial charge on any atom is -0.459 e. The SMILES string of the molecule is O=C1OCC(COC(=O)c2cc(C(=O)OCC3COC(=O)O3)cc(C(=O)OCC3COC(O)O3)c2)O1. The summed E-state index contributed by atoms with van der Waals surface area (Å²) in [4.78, 5) is 59.8. The third-order valence-corrected chi connectivity index (χ3v) is 4.87. The van der Waals surface area contributed by atoms with Crippen LogP contribution in [0.3, 0.4) is 0 Å². The van der Waals surface area contributed by atoms with Gasteiger partial charge in [0, 0.05) is 0 Å². The van der Waals surface area contributed by atoms with E-state index in [9.17, 15) is 29.1 Å². The topological polar surface area (TPSA) is 189 Å². The number of carbonyl (C=O) groups is 5. The molecule has 0 radical (unpaired) electrons. The van der Waals surface area contributed by atoms with Gasteiger partial charge in [-0.25, -0.2) is 24.0 Å². The number of carbonyl (C=O) groups excluding carboxylic acids is 5. The summed E-state index contributed by atoms with van der Waals surface area (Å²) in [7, 11) is 0. The lowest BCUT2D eigenvalue weighted by Gasteiger charge is -2.13. The number of rotatable bonds is 9. The van der Waals surface area contributed by atoms with E-state index in [2.05, 4.69) is 9.47 Å². The van der Waals surface area contributed by atoms with Crippen molar-refractivity contribution < 1.29 is 71.7 Å². The molecule has 3 saturated heterocycles. The molecule has 15 heteroatoms. The molecular weight excluding hydrogens is 492 g/mol. The molecule has 1 aromatic carbocycles. The molecule has 4 rings (SSSR count). The van der Waals surface area contributed by atoms with Crippen LogP contribution in [0.15, 0.2) is 18.2 Å². The van der Waals surface area contributed by atoms with Gasteiger partial charge in [-0.05, 0) is 18.2 Å². The molecule has 4 atom stereocenters. The molecule has 0 bridgehead atoms. The van der Waals surface area contributed by atoms with Crippen LogP contribution in [-0.2, 0) is 42.6 Å². The lowest BCUT2D eigenvalue weighted by molar-refractivity contribution is -0.206. The molecule has 3 fully saturated rings. The average molecular weight is 512 g/mol. The highest BCUT2D eigenvalue weighted by Crippen LogP contribution is 2.17. The number of aliphatic hydroxyl groups is 1. The number of hydrogen-bond acceptors (Lipinski definition) is 15. The van der Waals surface area contributed by atoms with Gasteiger partial charge in [0.05, 0.1) is 23.3 Å². The Morgan fingerprint density at radius 1 is 0.722 bits per heavy atom. The van der Waals surface area contributed by atoms with Gasteiger partial charge in [-0.3, -0.25) is 0 Å². The second kappa shape index (κ2) is 11.2. The summed E-state index contributed by atoms with van der Waals surface area (Å²) in [6, 6.07) is 3.39. The molecule has 4 unspecified atom stereocenters. The van der Waals surface area contributed by atoms with E-state index in [0.717, 1.165) is 18.2 Å². The first kappa shape index (κ1) is 25.2. The molecule has 3 heterocycles. The largest absolute Gasteiger partial charge is 0.508 e. The molecule has 1 N–H and O–H groups in total. The Morgan fingerprint density at radius 3 is 1.47 bits per heavy atom. The molecule has 0 aromatic heterocycles. The predicted molar refractivity (Wildman–Crippen MR) is 107 cm³/mol. The molecule has 194 valence electrons. The van der Waals surface area contributed by atoms with E-state index < -0.39 is 55.0 Å². The van der Waals surface area contributed by atoms with Crippen LogP contribution in [0, 0.1) is 0 Å². The van der Waals surface area contributed by atoms with Crippen LogP contribution in [0.1, 0.15) is 31.1 Å². The van der Waals surface area contributed by atoms with Crippen molar-refractivity contribution in [3.8, 4) is 0 Å². The quantitative estimate of drug-likeness (QED) is 0.341. The van der Waals surface area contributed by atoms with Crippen molar-refractivity contribution in [1.82, 2.24) is 0 Å². The lowest BCUT2D eigenvalue weighted by Crippen LogP contribution is -2.23. The van der Waals surface area contributed by atoms with E-state index in [1.165, 1.54) is 0 Å². The van der Waals surface area contributed by atoms with Gasteiger partial charge in [-0.2, -0.15) is 0 Å². The van der Waals surface area contributed by atoms with Crippen molar-refractivity contribution in [1.29, 1.82) is 0 Å². The Labute approximate surface area is 202 Å². The Balaban J connectivity index is 1.44. The Kier molecular flexibility index (Phi) is 7.82. The molecule has 3 aliphatic heterocycles. The van der Waals surface area contributed by atoms with Gasteiger partial charge in [-0.15, -0.1) is 0 Å². The number of hydrogen-bond donors (Lipinski definition) is 1. The van der Waals surface area contributed by atoms with E-state index in [4.69, 9.17) is 33.2 Å². The van der Waals surface area contributed by atoms with Gasteiger partial charge < -0.3 is 47.7 Å². The van der Waals surface area contributed by atoms with Crippen molar-refractivity contribution >= 4 is 30.2 Å². The number of cyclic esters (lactones) is 4. The van der Waals surface area contributed by atoms with Crippen LogP contribution in [0.25, 0.3) is 0 Å². The van der Waals surface area contributed by atoms with Gasteiger partial charge in [0.25, 0.3) is 6.48 Å². The maximum absolute atomic E-state index is 12.6. The van der Waals surface area contributed by atoms with Gasteiger partial charge in [0.1, 0.15) is 39.1 Å². The highest BCUT2D eigenvalue weighted by molar-refractivity contribution is 6.00. The van der Waals surface area contributed by atoms with Crippen molar-refractivity contribution in [2.75, 3.05) is 39.6 Å². The lowest BCUT2D eigenvalue weighted by atomic mass is 10.1. The molecule has 3 aliphatic rings. The molecule has 0 saturated carbocycles. The summed E-state index contributed by atoms with van der Waals surface area (Å²) >= 11 is 0. The smallest absolute Gasteiger partial charge is 0.459 e. The average Bonchev–Trinajstić information content (AvgIpc) is 3.60. The first-order chi connectivity index (χ1) is 17.3. The van der Waals surface area contributed by atoms with Crippen LogP contribution in [-0.4, -0.2) is 99.8 Å². The zero-order valence-corrected chi connectivity index (χ0v) is 18.4. The number of ether oxygens (including phenoxy) is 9. The molecule has 0 aliphatic carbocycles. The standard InChI is InChI=1S/C21H20O15/c22-16(28-4-13-7-31-19(25)34-13)10-1-11(17(23)29-5-14-8-32-20(26)35-14)3-12(2-10)18(24)30-6-15-9-33-21(27)36-15/h1-3,13-15,19,25H,4-9H2. The summed E-state index contributed by atoms with van der Waals surface area (Å²) in [5.74, 6) is -2.79. The minimum atomic E-state index is -1.43. The number of benzene rings is 1. The number of esters is 3. The first-order valence-electron chi connectivity index (χ1n) is 10.5. The van der Waals surface area contributed by atoms with E-state index in [-0.39, 0.29) is 56.3 Å². The van der Waals surface area contributed by atoms with Crippen LogP contribution >= 0.6 is 0 Å². The van der Waals surface area contributed by atoms with E-state index in [0.29, 0.717) is 0 Å². The maximum Gasteiger partial charge on any atom is 0.508 e. The molecule has 0 amide bonds. The van der Waals surface area contributed by atoms with Gasteiger partial charge in [0.15, 0.2) is 12.2 Å². The summed E-state index contributed by atoms with van der Waals surface area (Å²) in [5.41, 5.74) is -0.594. The van der Waals surface area contributed by atoms with Crippen LogP contribution in [0.4, 0.5) is 9.59 Å². The van der Waals surface area contributed by atoms with Crippen molar-refractivity contribution in [2.24, 2.45) is 0 Å². The number of aliphatic hydroxyl groups excluding tert-OH is 1. The summed E-state index contributed by atoms with van der Waals surface area (Å²) in [6.07, 6.45) is -4.12. The molecule has 36 heavy (non-hydrogen) atoms. The highest BCUT2D eigenvalue weighted by atomic mass is 16.8. The normalized spacial score (nSPS) is 24.8. The first-order valence-corrected chi connectivity index (χ1v) is 10.5.